The highest BCUT2D eigenvalue weighted by Gasteiger charge is 2.14. The van der Waals surface area contributed by atoms with Crippen LogP contribution >= 0.6 is 0 Å². The van der Waals surface area contributed by atoms with E-state index in [1.54, 1.807) is 30.1 Å². The number of carbonyl (C=O) groups excluding carboxylic acids is 1. The van der Waals surface area contributed by atoms with Crippen LogP contribution in [-0.4, -0.2) is 28.1 Å². The molecule has 1 aromatic carbocycles. The van der Waals surface area contributed by atoms with Gasteiger partial charge in [-0.25, -0.2) is 0 Å². The average Bonchev–Trinajstić information content (AvgIpc) is 2.84. The van der Waals surface area contributed by atoms with E-state index in [9.17, 15) is 4.79 Å². The second-order valence-electron chi connectivity index (χ2n) is 4.41. The summed E-state index contributed by atoms with van der Waals surface area (Å²) in [5.41, 5.74) is 2.76. The lowest BCUT2D eigenvalue weighted by Crippen LogP contribution is -2.26. The van der Waals surface area contributed by atoms with Crippen LogP contribution in [0.5, 0.6) is 0 Å². The van der Waals surface area contributed by atoms with E-state index in [4.69, 9.17) is 5.26 Å². The van der Waals surface area contributed by atoms with Crippen molar-refractivity contribution in [1.82, 2.24) is 15.1 Å². The molecule has 0 spiro atoms. The number of H-pyrrole nitrogens is 1. The molecule has 2 rings (SSSR count). The molecule has 0 aliphatic carbocycles. The van der Waals surface area contributed by atoms with Gasteiger partial charge in [0.1, 0.15) is 5.69 Å². The van der Waals surface area contributed by atoms with Crippen LogP contribution in [0.15, 0.2) is 30.3 Å². The Hall–Kier alpha value is -2.61. The van der Waals surface area contributed by atoms with Gasteiger partial charge in [0.05, 0.1) is 11.6 Å². The summed E-state index contributed by atoms with van der Waals surface area (Å²) in [6.07, 6.45) is 0. The van der Waals surface area contributed by atoms with Crippen molar-refractivity contribution >= 4 is 5.91 Å². The second kappa shape index (κ2) is 5.36. The van der Waals surface area contributed by atoms with Gasteiger partial charge >= 0.3 is 0 Å². The first-order valence-electron chi connectivity index (χ1n) is 5.86. The van der Waals surface area contributed by atoms with Gasteiger partial charge in [-0.3, -0.25) is 9.89 Å². The van der Waals surface area contributed by atoms with Crippen LogP contribution in [0, 0.1) is 18.3 Å². The number of hydrogen-bond donors (Lipinski definition) is 1. The number of hydrogen-bond acceptors (Lipinski definition) is 3. The zero-order valence-corrected chi connectivity index (χ0v) is 10.8. The van der Waals surface area contributed by atoms with Gasteiger partial charge in [0.25, 0.3) is 5.91 Å². The van der Waals surface area contributed by atoms with Crippen LogP contribution in [0.1, 0.15) is 27.3 Å². The van der Waals surface area contributed by atoms with Crippen LogP contribution in [0.3, 0.4) is 0 Å². The van der Waals surface area contributed by atoms with E-state index in [2.05, 4.69) is 16.3 Å². The standard InChI is InChI=1S/C14H14N4O/c1-10-6-13(17-16-10)14(19)18(2)9-12-5-3-4-11(7-12)8-15/h3-7H,9H2,1-2H3,(H,16,17). The molecule has 19 heavy (non-hydrogen) atoms. The third-order valence-electron chi connectivity index (χ3n) is 2.75. The van der Waals surface area contributed by atoms with Crippen LogP contribution in [0.4, 0.5) is 0 Å². The summed E-state index contributed by atoms with van der Waals surface area (Å²) >= 11 is 0. The lowest BCUT2D eigenvalue weighted by molar-refractivity contribution is 0.0779. The van der Waals surface area contributed by atoms with Gasteiger partial charge in [-0.1, -0.05) is 12.1 Å². The number of amides is 1. The predicted molar refractivity (Wildman–Crippen MR) is 70.3 cm³/mol. The minimum Gasteiger partial charge on any atom is -0.336 e. The third kappa shape index (κ3) is 2.99. The molecule has 0 aliphatic heterocycles. The minimum atomic E-state index is -0.147. The summed E-state index contributed by atoms with van der Waals surface area (Å²) < 4.78 is 0. The molecule has 1 aromatic heterocycles. The third-order valence-corrected chi connectivity index (χ3v) is 2.75. The maximum atomic E-state index is 12.1. The summed E-state index contributed by atoms with van der Waals surface area (Å²) in [5, 5.41) is 15.5. The van der Waals surface area contributed by atoms with Crippen molar-refractivity contribution in [3.63, 3.8) is 0 Å². The zero-order chi connectivity index (χ0) is 13.8. The number of aryl methyl sites for hydroxylation is 1. The fraction of sp³-hybridized carbons (Fsp3) is 0.214. The first-order chi connectivity index (χ1) is 9.10. The molecule has 2 aromatic rings. The van der Waals surface area contributed by atoms with E-state index in [-0.39, 0.29) is 5.91 Å². The molecule has 0 saturated carbocycles. The molecule has 5 heteroatoms. The normalized spacial score (nSPS) is 9.95. The number of aromatic amines is 1. The Morgan fingerprint density at radius 3 is 2.89 bits per heavy atom. The number of nitrogens with one attached hydrogen (secondary N) is 1. The van der Waals surface area contributed by atoms with Gasteiger partial charge in [-0.05, 0) is 30.7 Å². The summed E-state index contributed by atoms with van der Waals surface area (Å²) in [6.45, 7) is 2.29. The van der Waals surface area contributed by atoms with E-state index >= 15 is 0 Å². The molecule has 0 atom stereocenters. The molecule has 96 valence electrons. The van der Waals surface area contributed by atoms with Crippen molar-refractivity contribution in [2.75, 3.05) is 7.05 Å². The molecule has 5 nitrogen and oxygen atoms in total. The van der Waals surface area contributed by atoms with Crippen LogP contribution in [-0.2, 0) is 6.54 Å². The molecule has 1 N–H and O–H groups in total. The molecule has 0 bridgehead atoms. The zero-order valence-electron chi connectivity index (χ0n) is 10.8. The van der Waals surface area contributed by atoms with Crippen molar-refractivity contribution < 1.29 is 4.79 Å². The van der Waals surface area contributed by atoms with E-state index in [1.807, 2.05) is 19.1 Å². The summed E-state index contributed by atoms with van der Waals surface area (Å²) in [4.78, 5) is 13.7. The molecular formula is C14H14N4O. The van der Waals surface area contributed by atoms with E-state index in [0.29, 0.717) is 17.8 Å². The van der Waals surface area contributed by atoms with Crippen LogP contribution < -0.4 is 0 Å². The van der Waals surface area contributed by atoms with Gasteiger partial charge < -0.3 is 4.90 Å². The largest absolute Gasteiger partial charge is 0.336 e. The number of nitrogens with zero attached hydrogens (tertiary/aromatic N) is 3. The van der Waals surface area contributed by atoms with Gasteiger partial charge in [0.2, 0.25) is 0 Å². The number of rotatable bonds is 3. The quantitative estimate of drug-likeness (QED) is 0.908. The van der Waals surface area contributed by atoms with Gasteiger partial charge in [0, 0.05) is 19.3 Å². The van der Waals surface area contributed by atoms with Crippen molar-refractivity contribution in [2.24, 2.45) is 0 Å². The van der Waals surface area contributed by atoms with Crippen molar-refractivity contribution in [3.05, 3.63) is 52.8 Å². The first kappa shape index (κ1) is 12.8. The predicted octanol–water partition coefficient (Wildman–Crippen LogP) is 1.86. The minimum absolute atomic E-state index is 0.147. The van der Waals surface area contributed by atoms with Crippen LogP contribution in [0.25, 0.3) is 0 Å². The Morgan fingerprint density at radius 1 is 1.47 bits per heavy atom. The molecule has 1 amide bonds. The molecule has 0 saturated heterocycles. The Morgan fingerprint density at radius 2 is 2.26 bits per heavy atom. The molecular weight excluding hydrogens is 240 g/mol. The molecule has 0 radical (unpaired) electrons. The lowest BCUT2D eigenvalue weighted by Gasteiger charge is -2.15. The maximum absolute atomic E-state index is 12.1. The Labute approximate surface area is 111 Å². The Bertz CT molecular complexity index is 639. The molecule has 0 fully saturated rings. The van der Waals surface area contributed by atoms with E-state index in [0.717, 1.165) is 11.3 Å². The smallest absolute Gasteiger partial charge is 0.274 e. The molecule has 0 unspecified atom stereocenters. The molecule has 0 aliphatic rings. The second-order valence-corrected chi connectivity index (χ2v) is 4.41. The highest BCUT2D eigenvalue weighted by atomic mass is 16.2. The van der Waals surface area contributed by atoms with E-state index in [1.165, 1.54) is 0 Å². The number of nitriles is 1. The van der Waals surface area contributed by atoms with Crippen LogP contribution in [0.2, 0.25) is 0 Å². The highest BCUT2D eigenvalue weighted by molar-refractivity contribution is 5.92. The lowest BCUT2D eigenvalue weighted by atomic mass is 10.1. The van der Waals surface area contributed by atoms with Gasteiger partial charge in [0.15, 0.2) is 0 Å². The highest BCUT2D eigenvalue weighted by Crippen LogP contribution is 2.09. The van der Waals surface area contributed by atoms with Crippen molar-refractivity contribution in [3.8, 4) is 6.07 Å². The first-order valence-corrected chi connectivity index (χ1v) is 5.86. The Kier molecular flexibility index (Phi) is 3.62. The summed E-state index contributed by atoms with van der Waals surface area (Å²) in [7, 11) is 1.71. The number of carbonyl (C=O) groups is 1. The number of benzene rings is 1. The fourth-order valence-electron chi connectivity index (χ4n) is 1.81. The molecule has 1 heterocycles. The summed E-state index contributed by atoms with van der Waals surface area (Å²) in [5.74, 6) is -0.147. The topological polar surface area (TPSA) is 72.8 Å². The number of aromatic nitrogens is 2. The SMILES string of the molecule is Cc1cc(C(=O)N(C)Cc2cccc(C#N)c2)n[nH]1. The van der Waals surface area contributed by atoms with Crippen molar-refractivity contribution in [1.29, 1.82) is 5.26 Å². The maximum Gasteiger partial charge on any atom is 0.274 e. The van der Waals surface area contributed by atoms with Gasteiger partial charge in [-0.2, -0.15) is 10.4 Å². The van der Waals surface area contributed by atoms with Gasteiger partial charge in [-0.15, -0.1) is 0 Å². The summed E-state index contributed by atoms with van der Waals surface area (Å²) in [6, 6.07) is 11.0. The van der Waals surface area contributed by atoms with Crippen molar-refractivity contribution in [2.45, 2.75) is 13.5 Å². The van der Waals surface area contributed by atoms with E-state index < -0.39 is 0 Å². The Balaban J connectivity index is 2.10. The fourth-order valence-corrected chi connectivity index (χ4v) is 1.81. The monoisotopic (exact) mass is 254 g/mol. The average molecular weight is 254 g/mol.